The molecule has 0 amide bonds. The second-order valence-electron chi connectivity index (χ2n) is 4.47. The Bertz CT molecular complexity index is 372. The van der Waals surface area contributed by atoms with Crippen molar-refractivity contribution in [1.29, 1.82) is 0 Å². The summed E-state index contributed by atoms with van der Waals surface area (Å²) in [7, 11) is -1.52. The van der Waals surface area contributed by atoms with E-state index in [9.17, 15) is 8.42 Å². The summed E-state index contributed by atoms with van der Waals surface area (Å²) in [5, 5.41) is 0. The van der Waals surface area contributed by atoms with E-state index >= 15 is 0 Å². The van der Waals surface area contributed by atoms with Gasteiger partial charge in [-0.05, 0) is 19.3 Å². The van der Waals surface area contributed by atoms with E-state index in [2.05, 4.69) is 4.40 Å². The molecule has 0 aromatic carbocycles. The standard InChI is InChI=1S/C10H19N3O2S/c1-12-7-5-6-10(12)11-16(14,15)13-8-3-2-4-9-13/h2-9H2,1H3/b11-10-. The molecule has 0 aromatic rings. The lowest BCUT2D eigenvalue weighted by atomic mass is 10.2. The summed E-state index contributed by atoms with van der Waals surface area (Å²) in [6, 6.07) is 0. The number of amidine groups is 1. The Morgan fingerprint density at radius 2 is 1.75 bits per heavy atom. The van der Waals surface area contributed by atoms with Gasteiger partial charge in [-0.15, -0.1) is 4.40 Å². The van der Waals surface area contributed by atoms with Crippen molar-refractivity contribution in [3.63, 3.8) is 0 Å². The quantitative estimate of drug-likeness (QED) is 0.724. The summed E-state index contributed by atoms with van der Waals surface area (Å²) in [6.07, 6.45) is 4.83. The van der Waals surface area contributed by atoms with Gasteiger partial charge in [-0.1, -0.05) is 6.42 Å². The summed E-state index contributed by atoms with van der Waals surface area (Å²) in [5.74, 6) is 0.713. The van der Waals surface area contributed by atoms with Crippen LogP contribution in [-0.4, -0.2) is 50.1 Å². The molecule has 2 aliphatic rings. The maximum absolute atomic E-state index is 12.0. The Hall–Kier alpha value is -0.620. The molecule has 0 bridgehead atoms. The lowest BCUT2D eigenvalue weighted by Crippen LogP contribution is -2.35. The van der Waals surface area contributed by atoms with E-state index in [1.165, 1.54) is 4.31 Å². The van der Waals surface area contributed by atoms with Crippen LogP contribution in [0.25, 0.3) is 0 Å². The minimum absolute atomic E-state index is 0.628. The van der Waals surface area contributed by atoms with Crippen LogP contribution in [0.4, 0.5) is 0 Å². The second kappa shape index (κ2) is 4.71. The first-order chi connectivity index (χ1) is 7.59. The average molecular weight is 245 g/mol. The fourth-order valence-corrected chi connectivity index (χ4v) is 3.53. The highest BCUT2D eigenvalue weighted by molar-refractivity contribution is 7.87. The molecule has 0 atom stereocenters. The van der Waals surface area contributed by atoms with Crippen LogP contribution in [0.5, 0.6) is 0 Å². The highest BCUT2D eigenvalue weighted by Crippen LogP contribution is 2.17. The number of hydrogen-bond donors (Lipinski definition) is 0. The predicted octanol–water partition coefficient (Wildman–Crippen LogP) is 0.841. The summed E-state index contributed by atoms with van der Waals surface area (Å²) < 4.78 is 29.5. The molecule has 0 unspecified atom stereocenters. The summed E-state index contributed by atoms with van der Waals surface area (Å²) in [6.45, 7) is 2.17. The minimum Gasteiger partial charge on any atom is -0.362 e. The van der Waals surface area contributed by atoms with Gasteiger partial charge in [0, 0.05) is 33.1 Å². The zero-order chi connectivity index (χ0) is 11.6. The van der Waals surface area contributed by atoms with Crippen molar-refractivity contribution in [3.8, 4) is 0 Å². The van der Waals surface area contributed by atoms with Crippen LogP contribution in [0.1, 0.15) is 32.1 Å². The molecule has 0 saturated carbocycles. The van der Waals surface area contributed by atoms with Gasteiger partial charge in [-0.2, -0.15) is 12.7 Å². The van der Waals surface area contributed by atoms with Crippen molar-refractivity contribution < 1.29 is 8.42 Å². The first-order valence-corrected chi connectivity index (χ1v) is 7.29. The molecular formula is C10H19N3O2S. The van der Waals surface area contributed by atoms with Gasteiger partial charge in [0.05, 0.1) is 0 Å². The second-order valence-corrected chi connectivity index (χ2v) is 6.06. The fourth-order valence-electron chi connectivity index (χ4n) is 2.20. The van der Waals surface area contributed by atoms with Gasteiger partial charge in [0.1, 0.15) is 5.84 Å². The van der Waals surface area contributed by atoms with E-state index in [0.717, 1.165) is 38.6 Å². The van der Waals surface area contributed by atoms with Crippen LogP contribution in [0.15, 0.2) is 4.40 Å². The van der Waals surface area contributed by atoms with E-state index in [1.807, 2.05) is 11.9 Å². The molecule has 0 spiro atoms. The van der Waals surface area contributed by atoms with Gasteiger partial charge in [0.15, 0.2) is 0 Å². The molecule has 0 N–H and O–H groups in total. The van der Waals surface area contributed by atoms with Crippen molar-refractivity contribution in [1.82, 2.24) is 9.21 Å². The Labute approximate surface area is 97.3 Å². The van der Waals surface area contributed by atoms with E-state index in [1.54, 1.807) is 0 Å². The molecule has 2 fully saturated rings. The van der Waals surface area contributed by atoms with Gasteiger partial charge in [-0.3, -0.25) is 0 Å². The van der Waals surface area contributed by atoms with E-state index in [0.29, 0.717) is 18.9 Å². The molecule has 0 aromatic heterocycles. The monoisotopic (exact) mass is 245 g/mol. The maximum Gasteiger partial charge on any atom is 0.323 e. The molecule has 0 aliphatic carbocycles. The molecule has 2 saturated heterocycles. The Morgan fingerprint density at radius 1 is 1.06 bits per heavy atom. The molecule has 5 nitrogen and oxygen atoms in total. The normalized spacial score (nSPS) is 26.6. The van der Waals surface area contributed by atoms with E-state index in [-0.39, 0.29) is 0 Å². The van der Waals surface area contributed by atoms with Gasteiger partial charge in [-0.25, -0.2) is 0 Å². The largest absolute Gasteiger partial charge is 0.362 e. The average Bonchev–Trinajstić information content (AvgIpc) is 2.65. The summed E-state index contributed by atoms with van der Waals surface area (Å²) in [5.41, 5.74) is 0. The smallest absolute Gasteiger partial charge is 0.323 e. The van der Waals surface area contributed by atoms with Crippen LogP contribution >= 0.6 is 0 Å². The number of hydrogen-bond acceptors (Lipinski definition) is 2. The minimum atomic E-state index is -3.42. The predicted molar refractivity (Wildman–Crippen MR) is 63.6 cm³/mol. The van der Waals surface area contributed by atoms with Gasteiger partial charge >= 0.3 is 10.2 Å². The van der Waals surface area contributed by atoms with Crippen molar-refractivity contribution in [2.75, 3.05) is 26.7 Å². The fraction of sp³-hybridized carbons (Fsp3) is 0.900. The summed E-state index contributed by atoms with van der Waals surface area (Å²) in [4.78, 5) is 1.93. The van der Waals surface area contributed by atoms with Crippen molar-refractivity contribution in [2.45, 2.75) is 32.1 Å². The molecule has 92 valence electrons. The van der Waals surface area contributed by atoms with Crippen LogP contribution < -0.4 is 0 Å². The van der Waals surface area contributed by atoms with Gasteiger partial charge < -0.3 is 4.90 Å². The maximum atomic E-state index is 12.0. The van der Waals surface area contributed by atoms with Crippen molar-refractivity contribution in [3.05, 3.63) is 0 Å². The Morgan fingerprint density at radius 3 is 2.31 bits per heavy atom. The lowest BCUT2D eigenvalue weighted by Gasteiger charge is -2.24. The first-order valence-electron chi connectivity index (χ1n) is 5.90. The Kier molecular flexibility index (Phi) is 3.49. The number of piperidine rings is 1. The molecular weight excluding hydrogens is 226 g/mol. The van der Waals surface area contributed by atoms with Crippen LogP contribution in [-0.2, 0) is 10.2 Å². The molecule has 2 aliphatic heterocycles. The third-order valence-electron chi connectivity index (χ3n) is 3.20. The van der Waals surface area contributed by atoms with E-state index < -0.39 is 10.2 Å². The highest BCUT2D eigenvalue weighted by atomic mass is 32.2. The third kappa shape index (κ3) is 2.55. The molecule has 2 rings (SSSR count). The lowest BCUT2D eigenvalue weighted by molar-refractivity contribution is 0.347. The third-order valence-corrected chi connectivity index (χ3v) is 4.66. The number of nitrogens with zero attached hydrogens (tertiary/aromatic N) is 3. The van der Waals surface area contributed by atoms with Gasteiger partial charge in [0.2, 0.25) is 0 Å². The van der Waals surface area contributed by atoms with Crippen molar-refractivity contribution >= 4 is 16.0 Å². The van der Waals surface area contributed by atoms with Crippen molar-refractivity contribution in [2.24, 2.45) is 4.40 Å². The van der Waals surface area contributed by atoms with Crippen LogP contribution in [0, 0.1) is 0 Å². The van der Waals surface area contributed by atoms with Crippen LogP contribution in [0.3, 0.4) is 0 Å². The highest BCUT2D eigenvalue weighted by Gasteiger charge is 2.25. The number of likely N-dealkylation sites (tertiary alicyclic amines) is 1. The zero-order valence-electron chi connectivity index (χ0n) is 9.72. The van der Waals surface area contributed by atoms with E-state index in [4.69, 9.17) is 0 Å². The SMILES string of the molecule is CN1CCC/C1=N/S(=O)(=O)N1CCCCC1. The molecule has 2 heterocycles. The summed E-state index contributed by atoms with van der Waals surface area (Å²) >= 11 is 0. The Balaban J connectivity index is 2.12. The molecule has 6 heteroatoms. The van der Waals surface area contributed by atoms with Gasteiger partial charge in [0.25, 0.3) is 0 Å². The van der Waals surface area contributed by atoms with Crippen LogP contribution in [0.2, 0.25) is 0 Å². The molecule has 16 heavy (non-hydrogen) atoms. The first kappa shape index (κ1) is 11.9. The molecule has 0 radical (unpaired) electrons. The zero-order valence-corrected chi connectivity index (χ0v) is 10.5. The topological polar surface area (TPSA) is 53.0 Å². The number of rotatable bonds is 2.